The van der Waals surface area contributed by atoms with Gasteiger partial charge in [-0.05, 0) is 56.2 Å². The number of methoxy groups -OCH3 is 1. The second-order valence-electron chi connectivity index (χ2n) is 6.88. The first-order valence-electron chi connectivity index (χ1n) is 9.00. The van der Waals surface area contributed by atoms with Crippen LogP contribution in [0.2, 0.25) is 0 Å². The Labute approximate surface area is 165 Å². The Morgan fingerprint density at radius 3 is 2.43 bits per heavy atom. The zero-order valence-corrected chi connectivity index (χ0v) is 17.0. The van der Waals surface area contributed by atoms with Crippen molar-refractivity contribution in [2.45, 2.75) is 27.2 Å². The molecule has 148 valence electrons. The predicted molar refractivity (Wildman–Crippen MR) is 109 cm³/mol. The molecule has 0 radical (unpaired) electrons. The average Bonchev–Trinajstić information content (AvgIpc) is 2.64. The van der Waals surface area contributed by atoms with E-state index in [9.17, 15) is 14.4 Å². The van der Waals surface area contributed by atoms with Gasteiger partial charge in [0.25, 0.3) is 0 Å². The molecule has 0 unspecified atom stereocenters. The van der Waals surface area contributed by atoms with Gasteiger partial charge in [0.2, 0.25) is 11.8 Å². The highest BCUT2D eigenvalue weighted by Crippen LogP contribution is 2.21. The number of nitrogens with one attached hydrogen (secondary N) is 1. The lowest BCUT2D eigenvalue weighted by molar-refractivity contribution is -0.132. The lowest BCUT2D eigenvalue weighted by atomic mass is 10.0. The molecule has 2 aromatic rings. The van der Waals surface area contributed by atoms with Crippen molar-refractivity contribution in [2.24, 2.45) is 0 Å². The van der Waals surface area contributed by atoms with E-state index in [1.54, 1.807) is 25.2 Å². The first-order valence-corrected chi connectivity index (χ1v) is 9.00. The fourth-order valence-corrected chi connectivity index (χ4v) is 2.80. The molecule has 0 aliphatic carbocycles. The summed E-state index contributed by atoms with van der Waals surface area (Å²) in [5, 5.41) is 2.85. The van der Waals surface area contributed by atoms with Crippen molar-refractivity contribution in [1.82, 2.24) is 4.90 Å². The summed E-state index contributed by atoms with van der Waals surface area (Å²) in [7, 11) is 3.09. The number of hydrogen-bond donors (Lipinski definition) is 1. The molecule has 0 aliphatic rings. The number of carbonyl (C=O) groups is 3. The Balaban J connectivity index is 2.04. The van der Waals surface area contributed by atoms with Gasteiger partial charge in [0.1, 0.15) is 5.75 Å². The number of nitrogens with zero attached hydrogens (tertiary/aromatic N) is 1. The van der Waals surface area contributed by atoms with E-state index in [1.807, 2.05) is 32.0 Å². The van der Waals surface area contributed by atoms with Crippen LogP contribution in [0.15, 0.2) is 36.4 Å². The molecule has 0 saturated heterocycles. The van der Waals surface area contributed by atoms with Crippen LogP contribution < -0.4 is 10.1 Å². The molecule has 0 spiro atoms. The molecule has 2 rings (SSSR count). The minimum absolute atomic E-state index is 0.0392. The van der Waals surface area contributed by atoms with Gasteiger partial charge in [0.15, 0.2) is 5.78 Å². The quantitative estimate of drug-likeness (QED) is 0.747. The van der Waals surface area contributed by atoms with Crippen LogP contribution in [0.4, 0.5) is 5.69 Å². The van der Waals surface area contributed by atoms with Crippen LogP contribution in [0, 0.1) is 13.8 Å². The number of aryl methyl sites for hydroxylation is 2. The third-order valence-corrected chi connectivity index (χ3v) is 4.50. The summed E-state index contributed by atoms with van der Waals surface area (Å²) in [6, 6.07) is 10.8. The molecular weight excluding hydrogens is 356 g/mol. The summed E-state index contributed by atoms with van der Waals surface area (Å²) in [6.45, 7) is 5.27. The summed E-state index contributed by atoms with van der Waals surface area (Å²) < 4.78 is 5.28. The molecule has 0 atom stereocenters. The van der Waals surface area contributed by atoms with Gasteiger partial charge in [-0.25, -0.2) is 0 Å². The summed E-state index contributed by atoms with van der Waals surface area (Å²) >= 11 is 0. The Bertz CT molecular complexity index is 905. The standard InChI is InChI=1S/C22H26N2O4/c1-14-6-7-15(2)19(10-14)23-21(26)13-24(4)22(27)12-18-11-17(16(3)25)8-9-20(18)28-5/h6-11H,12-13H2,1-5H3,(H,23,26). The SMILES string of the molecule is COc1ccc(C(C)=O)cc1CC(=O)N(C)CC(=O)Nc1cc(C)ccc1C. The zero-order valence-electron chi connectivity index (χ0n) is 17.0. The number of benzene rings is 2. The van der Waals surface area contributed by atoms with Gasteiger partial charge in [-0.2, -0.15) is 0 Å². The van der Waals surface area contributed by atoms with E-state index in [0.717, 1.165) is 16.8 Å². The summed E-state index contributed by atoms with van der Waals surface area (Å²) in [4.78, 5) is 37.9. The van der Waals surface area contributed by atoms with E-state index < -0.39 is 0 Å². The molecule has 0 aromatic heterocycles. The molecule has 28 heavy (non-hydrogen) atoms. The van der Waals surface area contributed by atoms with Gasteiger partial charge < -0.3 is 15.0 Å². The fraction of sp³-hybridized carbons (Fsp3) is 0.318. The van der Waals surface area contributed by atoms with Crippen molar-refractivity contribution in [3.8, 4) is 5.75 Å². The molecule has 2 aromatic carbocycles. The van der Waals surface area contributed by atoms with Crippen LogP contribution in [0.5, 0.6) is 5.75 Å². The Morgan fingerprint density at radius 2 is 1.79 bits per heavy atom. The van der Waals surface area contributed by atoms with Crippen LogP contribution in [0.25, 0.3) is 0 Å². The maximum absolute atomic E-state index is 12.6. The number of ether oxygens (including phenoxy) is 1. The summed E-state index contributed by atoms with van der Waals surface area (Å²) in [6.07, 6.45) is 0.0392. The lowest BCUT2D eigenvalue weighted by Gasteiger charge is -2.18. The van der Waals surface area contributed by atoms with E-state index in [0.29, 0.717) is 16.9 Å². The largest absolute Gasteiger partial charge is 0.496 e. The molecular formula is C22H26N2O4. The van der Waals surface area contributed by atoms with Crippen LogP contribution >= 0.6 is 0 Å². The zero-order chi connectivity index (χ0) is 20.8. The number of rotatable bonds is 7. The topological polar surface area (TPSA) is 75.7 Å². The maximum Gasteiger partial charge on any atom is 0.243 e. The van der Waals surface area contributed by atoms with E-state index in [2.05, 4.69) is 5.32 Å². The molecule has 6 heteroatoms. The highest BCUT2D eigenvalue weighted by atomic mass is 16.5. The van der Waals surface area contributed by atoms with Gasteiger partial charge in [0.05, 0.1) is 20.1 Å². The van der Waals surface area contributed by atoms with Gasteiger partial charge >= 0.3 is 0 Å². The van der Waals surface area contributed by atoms with Gasteiger partial charge in [0, 0.05) is 23.9 Å². The third kappa shape index (κ3) is 5.42. The van der Waals surface area contributed by atoms with Crippen molar-refractivity contribution in [2.75, 3.05) is 26.0 Å². The van der Waals surface area contributed by atoms with Crippen LogP contribution in [-0.4, -0.2) is 43.2 Å². The first-order chi connectivity index (χ1) is 13.2. The van der Waals surface area contributed by atoms with Crippen molar-refractivity contribution >= 4 is 23.3 Å². The van der Waals surface area contributed by atoms with Crippen molar-refractivity contribution in [3.05, 3.63) is 58.7 Å². The average molecular weight is 382 g/mol. The van der Waals surface area contributed by atoms with Gasteiger partial charge in [-0.3, -0.25) is 14.4 Å². The van der Waals surface area contributed by atoms with E-state index in [4.69, 9.17) is 4.74 Å². The smallest absolute Gasteiger partial charge is 0.243 e. The molecule has 0 aliphatic heterocycles. The maximum atomic E-state index is 12.6. The monoisotopic (exact) mass is 382 g/mol. The highest BCUT2D eigenvalue weighted by Gasteiger charge is 2.17. The predicted octanol–water partition coefficient (Wildman–Crippen LogP) is 3.15. The second-order valence-corrected chi connectivity index (χ2v) is 6.88. The number of anilines is 1. The minimum atomic E-state index is -0.269. The normalized spacial score (nSPS) is 10.3. The molecule has 0 fully saturated rings. The van der Waals surface area contributed by atoms with Crippen molar-refractivity contribution in [1.29, 1.82) is 0 Å². The number of amides is 2. The number of likely N-dealkylation sites (N-methyl/N-ethyl adjacent to an activating group) is 1. The molecule has 1 N–H and O–H groups in total. The van der Waals surface area contributed by atoms with E-state index in [-0.39, 0.29) is 30.6 Å². The number of ketones is 1. The van der Waals surface area contributed by atoms with E-state index >= 15 is 0 Å². The molecule has 0 heterocycles. The van der Waals surface area contributed by atoms with Crippen LogP contribution in [0.3, 0.4) is 0 Å². The van der Waals surface area contributed by atoms with Crippen molar-refractivity contribution in [3.63, 3.8) is 0 Å². The lowest BCUT2D eigenvalue weighted by Crippen LogP contribution is -2.36. The summed E-state index contributed by atoms with van der Waals surface area (Å²) in [5.74, 6) is -0.0617. The Morgan fingerprint density at radius 1 is 1.07 bits per heavy atom. The Hall–Kier alpha value is -3.15. The van der Waals surface area contributed by atoms with Gasteiger partial charge in [-0.1, -0.05) is 12.1 Å². The second kappa shape index (κ2) is 9.17. The van der Waals surface area contributed by atoms with Crippen molar-refractivity contribution < 1.29 is 19.1 Å². The molecule has 6 nitrogen and oxygen atoms in total. The number of carbonyl (C=O) groups excluding carboxylic acids is 3. The Kier molecular flexibility index (Phi) is 6.93. The van der Waals surface area contributed by atoms with Crippen LogP contribution in [-0.2, 0) is 16.0 Å². The number of Topliss-reactive ketones (excluding diaryl/α,β-unsaturated/α-hetero) is 1. The number of hydrogen-bond acceptors (Lipinski definition) is 4. The van der Waals surface area contributed by atoms with Gasteiger partial charge in [-0.15, -0.1) is 0 Å². The van der Waals surface area contributed by atoms with Crippen LogP contribution in [0.1, 0.15) is 34.0 Å². The minimum Gasteiger partial charge on any atom is -0.496 e. The third-order valence-electron chi connectivity index (χ3n) is 4.50. The molecule has 0 saturated carbocycles. The molecule has 2 amide bonds. The van der Waals surface area contributed by atoms with E-state index in [1.165, 1.54) is 18.9 Å². The highest BCUT2D eigenvalue weighted by molar-refractivity contribution is 5.96. The fourth-order valence-electron chi connectivity index (χ4n) is 2.80. The summed E-state index contributed by atoms with van der Waals surface area (Å²) in [5.41, 5.74) is 3.86. The molecule has 0 bridgehead atoms. The first kappa shape index (κ1) is 21.2.